The van der Waals surface area contributed by atoms with Crippen molar-refractivity contribution in [1.29, 1.82) is 0 Å². The topological polar surface area (TPSA) is 89.8 Å². The minimum atomic E-state index is -0.243. The normalized spacial score (nSPS) is 22.8. The van der Waals surface area contributed by atoms with Crippen LogP contribution in [0.3, 0.4) is 0 Å². The number of aromatic nitrogens is 2. The Labute approximate surface area is 109 Å². The van der Waals surface area contributed by atoms with Gasteiger partial charge in [0.2, 0.25) is 5.91 Å². The van der Waals surface area contributed by atoms with Crippen molar-refractivity contribution >= 4 is 22.6 Å². The maximum atomic E-state index is 12.1. The highest BCUT2D eigenvalue weighted by atomic mass is 16.2. The molecule has 4 N–H and O–H groups in total. The van der Waals surface area contributed by atoms with Crippen molar-refractivity contribution in [3.05, 3.63) is 28.7 Å². The molecule has 1 fully saturated rings. The molecule has 6 heteroatoms. The van der Waals surface area contributed by atoms with Crippen molar-refractivity contribution in [3.8, 4) is 0 Å². The lowest BCUT2D eigenvalue weighted by atomic mass is 9.97. The number of carbonyl (C=O) groups is 1. The first-order chi connectivity index (χ1) is 9.13. The van der Waals surface area contributed by atoms with Gasteiger partial charge in [-0.05, 0) is 30.7 Å². The number of nitrogens with one attached hydrogen (secondary N) is 4. The van der Waals surface area contributed by atoms with E-state index in [1.165, 1.54) is 0 Å². The van der Waals surface area contributed by atoms with Gasteiger partial charge in [0.25, 0.3) is 0 Å². The molecule has 1 amide bonds. The first-order valence-corrected chi connectivity index (χ1v) is 6.37. The number of fused-ring (bicyclic) bond motifs is 1. The second-order valence-electron chi connectivity index (χ2n) is 5.07. The van der Waals surface area contributed by atoms with Gasteiger partial charge in [-0.15, -0.1) is 0 Å². The molecule has 0 spiro atoms. The third-order valence-corrected chi connectivity index (χ3v) is 3.64. The van der Waals surface area contributed by atoms with Crippen LogP contribution in [0.4, 0.5) is 5.69 Å². The summed E-state index contributed by atoms with van der Waals surface area (Å²) >= 11 is 0. The van der Waals surface area contributed by atoms with Gasteiger partial charge in [0, 0.05) is 12.2 Å². The highest BCUT2D eigenvalue weighted by Gasteiger charge is 2.29. The molecule has 2 heterocycles. The van der Waals surface area contributed by atoms with Gasteiger partial charge in [0.1, 0.15) is 0 Å². The summed E-state index contributed by atoms with van der Waals surface area (Å²) in [6, 6.07) is 5.33. The van der Waals surface area contributed by atoms with Crippen molar-refractivity contribution in [2.75, 3.05) is 18.4 Å². The highest BCUT2D eigenvalue weighted by molar-refractivity contribution is 5.94. The first-order valence-electron chi connectivity index (χ1n) is 6.37. The van der Waals surface area contributed by atoms with Gasteiger partial charge >= 0.3 is 5.69 Å². The van der Waals surface area contributed by atoms with Crippen molar-refractivity contribution < 1.29 is 4.79 Å². The Morgan fingerprint density at radius 2 is 2.05 bits per heavy atom. The van der Waals surface area contributed by atoms with E-state index >= 15 is 0 Å². The lowest BCUT2D eigenvalue weighted by molar-refractivity contribution is -0.120. The van der Waals surface area contributed by atoms with Crippen LogP contribution in [0.5, 0.6) is 0 Å². The van der Waals surface area contributed by atoms with Gasteiger partial charge in [-0.3, -0.25) is 4.79 Å². The van der Waals surface area contributed by atoms with Crippen LogP contribution in [-0.2, 0) is 4.79 Å². The first kappa shape index (κ1) is 12.0. The summed E-state index contributed by atoms with van der Waals surface area (Å²) in [6.07, 6.45) is 0. The zero-order chi connectivity index (χ0) is 13.4. The molecule has 0 aliphatic carbocycles. The predicted octanol–water partition coefficient (Wildman–Crippen LogP) is 0.650. The monoisotopic (exact) mass is 260 g/mol. The molecule has 0 saturated carbocycles. The molecule has 1 aliphatic rings. The van der Waals surface area contributed by atoms with Gasteiger partial charge < -0.3 is 20.6 Å². The molecule has 2 aromatic rings. The maximum Gasteiger partial charge on any atom is 0.323 e. The van der Waals surface area contributed by atoms with E-state index in [9.17, 15) is 9.59 Å². The van der Waals surface area contributed by atoms with Gasteiger partial charge in [0.15, 0.2) is 0 Å². The van der Waals surface area contributed by atoms with E-state index in [2.05, 4.69) is 27.5 Å². The molecular weight excluding hydrogens is 244 g/mol. The van der Waals surface area contributed by atoms with Gasteiger partial charge in [0.05, 0.1) is 17.0 Å². The van der Waals surface area contributed by atoms with E-state index in [1.54, 1.807) is 18.2 Å². The fourth-order valence-electron chi connectivity index (χ4n) is 2.51. The predicted molar refractivity (Wildman–Crippen MR) is 73.1 cm³/mol. The molecule has 0 radical (unpaired) electrons. The van der Waals surface area contributed by atoms with Crippen LogP contribution in [0.15, 0.2) is 23.0 Å². The van der Waals surface area contributed by atoms with Gasteiger partial charge in [-0.25, -0.2) is 4.79 Å². The third-order valence-electron chi connectivity index (χ3n) is 3.64. The van der Waals surface area contributed by atoms with Crippen LogP contribution < -0.4 is 16.3 Å². The summed E-state index contributed by atoms with van der Waals surface area (Å²) in [7, 11) is 0. The van der Waals surface area contributed by atoms with Crippen molar-refractivity contribution in [2.24, 2.45) is 11.8 Å². The van der Waals surface area contributed by atoms with Crippen LogP contribution in [0.2, 0.25) is 0 Å². The number of amides is 1. The van der Waals surface area contributed by atoms with Crippen LogP contribution in [0, 0.1) is 11.8 Å². The number of rotatable bonds is 2. The summed E-state index contributed by atoms with van der Waals surface area (Å²) in [5.41, 5.74) is 1.89. The number of benzene rings is 1. The summed E-state index contributed by atoms with van der Waals surface area (Å²) < 4.78 is 0. The third kappa shape index (κ3) is 2.26. The summed E-state index contributed by atoms with van der Waals surface area (Å²) in [5, 5.41) is 6.11. The molecule has 1 aromatic carbocycles. The number of imidazole rings is 1. The molecular formula is C13H16N4O2. The zero-order valence-corrected chi connectivity index (χ0v) is 10.6. The van der Waals surface area contributed by atoms with Gasteiger partial charge in [-0.1, -0.05) is 6.92 Å². The van der Waals surface area contributed by atoms with E-state index in [0.29, 0.717) is 17.1 Å². The summed E-state index contributed by atoms with van der Waals surface area (Å²) in [4.78, 5) is 28.6. The Hall–Kier alpha value is -2.08. The Morgan fingerprint density at radius 1 is 1.26 bits per heavy atom. The smallest absolute Gasteiger partial charge is 0.323 e. The quantitative estimate of drug-likeness (QED) is 0.639. The molecule has 19 heavy (non-hydrogen) atoms. The number of hydrogen-bond acceptors (Lipinski definition) is 3. The Kier molecular flexibility index (Phi) is 2.87. The number of hydrogen-bond donors (Lipinski definition) is 4. The molecule has 2 atom stereocenters. The van der Waals surface area contributed by atoms with E-state index in [4.69, 9.17) is 0 Å². The summed E-state index contributed by atoms with van der Waals surface area (Å²) in [6.45, 7) is 3.66. The minimum Gasteiger partial charge on any atom is -0.326 e. The SMILES string of the molecule is C[C@@H]1CNC[C@H]1C(=O)Nc1ccc2[nH]c(=O)[nH]c2c1. The van der Waals surface area contributed by atoms with Crippen molar-refractivity contribution in [1.82, 2.24) is 15.3 Å². The zero-order valence-electron chi connectivity index (χ0n) is 10.6. The Morgan fingerprint density at radius 3 is 2.79 bits per heavy atom. The van der Waals surface area contributed by atoms with Crippen LogP contribution in [0.25, 0.3) is 11.0 Å². The molecule has 0 unspecified atom stereocenters. The average molecular weight is 260 g/mol. The van der Waals surface area contributed by atoms with E-state index in [1.807, 2.05) is 0 Å². The number of aromatic amines is 2. The fourth-order valence-corrected chi connectivity index (χ4v) is 2.51. The molecule has 3 rings (SSSR count). The molecule has 100 valence electrons. The van der Waals surface area contributed by atoms with Gasteiger partial charge in [-0.2, -0.15) is 0 Å². The second-order valence-corrected chi connectivity index (χ2v) is 5.07. The fraction of sp³-hybridized carbons (Fsp3) is 0.385. The largest absolute Gasteiger partial charge is 0.326 e. The second kappa shape index (κ2) is 4.55. The van der Waals surface area contributed by atoms with E-state index < -0.39 is 0 Å². The molecule has 1 aliphatic heterocycles. The molecule has 1 aromatic heterocycles. The number of H-pyrrole nitrogens is 2. The van der Waals surface area contributed by atoms with Crippen LogP contribution >= 0.6 is 0 Å². The lowest BCUT2D eigenvalue weighted by Gasteiger charge is -2.14. The van der Waals surface area contributed by atoms with E-state index in [0.717, 1.165) is 18.6 Å². The van der Waals surface area contributed by atoms with Crippen LogP contribution in [0.1, 0.15) is 6.92 Å². The van der Waals surface area contributed by atoms with Crippen molar-refractivity contribution in [2.45, 2.75) is 6.92 Å². The molecule has 6 nitrogen and oxygen atoms in total. The average Bonchev–Trinajstić information content (AvgIpc) is 2.93. The lowest BCUT2D eigenvalue weighted by Crippen LogP contribution is -2.27. The minimum absolute atomic E-state index is 0.000899. The maximum absolute atomic E-state index is 12.1. The summed E-state index contributed by atoms with van der Waals surface area (Å²) in [5.74, 6) is 0.367. The van der Waals surface area contributed by atoms with Crippen LogP contribution in [-0.4, -0.2) is 29.0 Å². The molecule has 1 saturated heterocycles. The Bertz CT molecular complexity index is 673. The number of anilines is 1. The standard InChI is InChI=1S/C13H16N4O2/c1-7-5-14-6-9(7)12(18)15-8-2-3-10-11(4-8)17-13(19)16-10/h2-4,7,9,14H,5-6H2,1H3,(H,15,18)(H2,16,17,19)/t7-,9-/m1/s1. The highest BCUT2D eigenvalue weighted by Crippen LogP contribution is 2.20. The Balaban J connectivity index is 1.80. The van der Waals surface area contributed by atoms with Crippen molar-refractivity contribution in [3.63, 3.8) is 0 Å². The molecule has 0 bridgehead atoms. The van der Waals surface area contributed by atoms with E-state index in [-0.39, 0.29) is 17.5 Å². The number of carbonyl (C=O) groups excluding carboxylic acids is 1.